The van der Waals surface area contributed by atoms with Crippen LogP contribution in [0.2, 0.25) is 25.2 Å². The first kappa shape index (κ1) is 41.4. The SMILES string of the molecule is CCC1(O)C(=O)OCC2=C1CC1=C(C2=O)N2Cc3c(cccc3CC[Si](C)(C)CCC(=O)NC(CCC(=O)OCc3ccccc3)C(=O)OCc3ccccc3)C=C2N1. The quantitative estimate of drug-likeness (QED) is 0.0888. The van der Waals surface area contributed by atoms with E-state index in [0.717, 1.165) is 40.5 Å². The standard InChI is InChI=1S/C46H51N3O9Si/c1-4-46(55)36-25-38-42(43(52)35(36)29-58-45(46)54)49-26-34-32(16-11-17-33(34)24-39(49)47-38)20-22-59(2,3)23-21-40(50)48-37(44(53)57-28-31-14-9-6-10-15-31)18-19-41(51)56-27-30-12-7-5-8-13-30/h5-17,24,37,47,55H,4,18-23,25-29H2,1-3H3,(H,48,50). The van der Waals surface area contributed by atoms with Crippen molar-refractivity contribution in [2.75, 3.05) is 6.61 Å². The Labute approximate surface area is 345 Å². The number of ketones is 1. The minimum atomic E-state index is -1.95. The van der Waals surface area contributed by atoms with Gasteiger partial charge in [0.25, 0.3) is 0 Å². The van der Waals surface area contributed by atoms with Crippen LogP contribution in [0.3, 0.4) is 0 Å². The van der Waals surface area contributed by atoms with E-state index >= 15 is 0 Å². The summed E-state index contributed by atoms with van der Waals surface area (Å²) in [5.41, 5.74) is 5.19. The summed E-state index contributed by atoms with van der Waals surface area (Å²) in [7, 11) is -1.95. The Morgan fingerprint density at radius 2 is 1.63 bits per heavy atom. The molecule has 3 aromatic carbocycles. The minimum Gasteiger partial charge on any atom is -0.461 e. The number of benzene rings is 3. The number of carbonyl (C=O) groups is 5. The van der Waals surface area contributed by atoms with Crippen LogP contribution in [0.15, 0.2) is 107 Å². The third-order valence-corrected chi connectivity index (χ3v) is 15.0. The number of aliphatic hydroxyl groups is 1. The highest BCUT2D eigenvalue weighted by atomic mass is 28.3. The van der Waals surface area contributed by atoms with Crippen LogP contribution < -0.4 is 10.6 Å². The van der Waals surface area contributed by atoms with Gasteiger partial charge in [0.1, 0.15) is 37.4 Å². The predicted octanol–water partition coefficient (Wildman–Crippen LogP) is 5.98. The highest BCUT2D eigenvalue weighted by molar-refractivity contribution is 6.77. The lowest BCUT2D eigenvalue weighted by atomic mass is 9.78. The summed E-state index contributed by atoms with van der Waals surface area (Å²) >= 11 is 0. The summed E-state index contributed by atoms with van der Waals surface area (Å²) in [4.78, 5) is 67.8. The number of allylic oxidation sites excluding steroid dienone is 2. The molecule has 0 bridgehead atoms. The molecule has 12 nitrogen and oxygen atoms in total. The summed E-state index contributed by atoms with van der Waals surface area (Å²) in [5.74, 6) is -1.51. The molecule has 0 fully saturated rings. The zero-order chi connectivity index (χ0) is 41.7. The van der Waals surface area contributed by atoms with Gasteiger partial charge < -0.3 is 34.9 Å². The van der Waals surface area contributed by atoms with Gasteiger partial charge in [-0.15, -0.1) is 0 Å². The normalized spacial score (nSPS) is 18.7. The van der Waals surface area contributed by atoms with E-state index in [4.69, 9.17) is 14.2 Å². The Morgan fingerprint density at radius 1 is 0.932 bits per heavy atom. The van der Waals surface area contributed by atoms with E-state index in [9.17, 15) is 29.1 Å². The van der Waals surface area contributed by atoms with Crippen molar-refractivity contribution in [3.8, 4) is 0 Å². The Hall–Kier alpha value is -5.79. The number of hydrogen-bond acceptors (Lipinski definition) is 11. The van der Waals surface area contributed by atoms with Gasteiger partial charge >= 0.3 is 17.9 Å². The summed E-state index contributed by atoms with van der Waals surface area (Å²) in [6.45, 7) is 6.72. The van der Waals surface area contributed by atoms with E-state index < -0.39 is 37.6 Å². The van der Waals surface area contributed by atoms with Crippen LogP contribution >= 0.6 is 0 Å². The number of fused-ring (bicyclic) bond motifs is 3. The van der Waals surface area contributed by atoms with E-state index in [2.05, 4.69) is 35.9 Å². The molecule has 2 unspecified atom stereocenters. The van der Waals surface area contributed by atoms with Crippen molar-refractivity contribution in [2.24, 2.45) is 0 Å². The van der Waals surface area contributed by atoms with Crippen LogP contribution in [-0.2, 0) is 64.4 Å². The molecule has 2 atom stereocenters. The third kappa shape index (κ3) is 9.26. The molecule has 3 aliphatic heterocycles. The van der Waals surface area contributed by atoms with Gasteiger partial charge in [0, 0.05) is 38.6 Å². The van der Waals surface area contributed by atoms with Crippen molar-refractivity contribution < 1.29 is 43.3 Å². The summed E-state index contributed by atoms with van der Waals surface area (Å²) in [6.07, 6.45) is 3.43. The number of rotatable bonds is 16. The van der Waals surface area contributed by atoms with Crippen LogP contribution in [0, 0.1) is 0 Å². The number of carbonyl (C=O) groups excluding carboxylic acids is 5. The fourth-order valence-electron chi connectivity index (χ4n) is 8.07. The van der Waals surface area contributed by atoms with Crippen molar-refractivity contribution in [2.45, 2.75) is 102 Å². The van der Waals surface area contributed by atoms with Gasteiger partial charge in [-0.1, -0.05) is 105 Å². The van der Waals surface area contributed by atoms with Crippen LogP contribution in [0.4, 0.5) is 0 Å². The van der Waals surface area contributed by atoms with Crippen molar-refractivity contribution in [3.63, 3.8) is 0 Å². The average Bonchev–Trinajstić information content (AvgIpc) is 3.61. The van der Waals surface area contributed by atoms with E-state index in [-0.39, 0.29) is 63.6 Å². The van der Waals surface area contributed by atoms with Crippen molar-refractivity contribution >= 4 is 43.7 Å². The van der Waals surface area contributed by atoms with Gasteiger partial charge in [-0.2, -0.15) is 0 Å². The summed E-state index contributed by atoms with van der Waals surface area (Å²) in [6, 6.07) is 25.4. The molecular formula is C46H51N3O9Si. The van der Waals surface area contributed by atoms with Crippen molar-refractivity contribution in [3.05, 3.63) is 135 Å². The summed E-state index contributed by atoms with van der Waals surface area (Å²) < 4.78 is 16.3. The zero-order valence-corrected chi connectivity index (χ0v) is 34.8. The molecule has 0 aromatic heterocycles. The van der Waals surface area contributed by atoms with Crippen LogP contribution in [-0.4, -0.2) is 65.9 Å². The number of Topliss-reactive ketones (excluding diaryl/α,β-unsaturated/α-hetero) is 1. The lowest BCUT2D eigenvalue weighted by Crippen LogP contribution is -2.48. The molecule has 308 valence electrons. The Balaban J connectivity index is 0.951. The monoisotopic (exact) mass is 817 g/mol. The zero-order valence-electron chi connectivity index (χ0n) is 33.8. The van der Waals surface area contributed by atoms with Gasteiger partial charge in [-0.25, -0.2) is 9.59 Å². The second-order valence-electron chi connectivity index (χ2n) is 16.4. The smallest absolute Gasteiger partial charge is 0.342 e. The minimum absolute atomic E-state index is 0.0484. The van der Waals surface area contributed by atoms with Gasteiger partial charge in [0.2, 0.25) is 11.7 Å². The number of ether oxygens (including phenoxy) is 3. The van der Waals surface area contributed by atoms with E-state index in [1.54, 1.807) is 6.92 Å². The van der Waals surface area contributed by atoms with Gasteiger partial charge in [-0.3, -0.25) is 14.4 Å². The molecule has 7 rings (SSSR count). The molecule has 4 aliphatic rings. The predicted molar refractivity (Wildman–Crippen MR) is 222 cm³/mol. The third-order valence-electron chi connectivity index (χ3n) is 11.8. The number of nitrogens with zero attached hydrogens (tertiary/aromatic N) is 1. The van der Waals surface area contributed by atoms with E-state index in [0.29, 0.717) is 35.1 Å². The molecule has 3 N–H and O–H groups in total. The maximum Gasteiger partial charge on any atom is 0.342 e. The first-order chi connectivity index (χ1) is 28.3. The molecule has 13 heteroatoms. The van der Waals surface area contributed by atoms with Gasteiger partial charge in [-0.05, 0) is 64.8 Å². The fraction of sp³-hybridized carbons (Fsp3) is 0.370. The topological polar surface area (TPSA) is 161 Å². The fourth-order valence-corrected chi connectivity index (χ4v) is 10.2. The largest absolute Gasteiger partial charge is 0.461 e. The van der Waals surface area contributed by atoms with Gasteiger partial charge in [0.15, 0.2) is 5.60 Å². The Morgan fingerprint density at radius 3 is 2.32 bits per heavy atom. The molecule has 3 heterocycles. The lowest BCUT2D eigenvalue weighted by molar-refractivity contribution is -0.163. The number of hydrogen-bond donors (Lipinski definition) is 3. The first-order valence-electron chi connectivity index (χ1n) is 20.3. The lowest BCUT2D eigenvalue weighted by Gasteiger charge is -2.36. The molecule has 0 spiro atoms. The Kier molecular flexibility index (Phi) is 12.3. The number of nitrogens with one attached hydrogen (secondary N) is 2. The van der Waals surface area contributed by atoms with E-state index in [1.807, 2.05) is 77.7 Å². The van der Waals surface area contributed by atoms with Gasteiger partial charge in [0.05, 0.1) is 6.54 Å². The molecule has 0 radical (unpaired) electrons. The maximum atomic E-state index is 13.9. The molecule has 3 aromatic rings. The summed E-state index contributed by atoms with van der Waals surface area (Å²) in [5, 5.41) is 17.5. The highest BCUT2D eigenvalue weighted by Gasteiger charge is 2.51. The number of amides is 1. The van der Waals surface area contributed by atoms with Crippen molar-refractivity contribution in [1.82, 2.24) is 15.5 Å². The molecule has 1 aliphatic carbocycles. The number of cyclic esters (lactones) is 1. The van der Waals surface area contributed by atoms with Crippen LogP contribution in [0.5, 0.6) is 0 Å². The van der Waals surface area contributed by atoms with Crippen LogP contribution in [0.25, 0.3) is 6.08 Å². The number of aryl methyl sites for hydroxylation is 1. The molecule has 0 saturated heterocycles. The number of esters is 3. The first-order valence-corrected chi connectivity index (χ1v) is 23.7. The maximum absolute atomic E-state index is 13.9. The molecule has 1 amide bonds. The van der Waals surface area contributed by atoms with Crippen molar-refractivity contribution in [1.29, 1.82) is 0 Å². The molecular weight excluding hydrogens is 767 g/mol. The highest BCUT2D eigenvalue weighted by Crippen LogP contribution is 2.44. The second-order valence-corrected chi connectivity index (χ2v) is 21.7. The van der Waals surface area contributed by atoms with E-state index in [1.165, 1.54) is 5.56 Å². The second kappa shape index (κ2) is 17.6. The average molecular weight is 818 g/mol. The molecule has 59 heavy (non-hydrogen) atoms. The molecule has 0 saturated carbocycles. The Bertz CT molecular complexity index is 2230. The van der Waals surface area contributed by atoms with Crippen LogP contribution in [0.1, 0.15) is 66.8 Å².